The van der Waals surface area contributed by atoms with Crippen LogP contribution in [0.25, 0.3) is 22.2 Å². The van der Waals surface area contributed by atoms with Crippen molar-refractivity contribution in [1.29, 1.82) is 0 Å². The molecule has 0 bridgehead atoms. The fourth-order valence-corrected chi connectivity index (χ4v) is 2.16. The van der Waals surface area contributed by atoms with Gasteiger partial charge in [-0.1, -0.05) is 30.3 Å². The SMILES string of the molecule is CCc1c(N)noc1-c1cccc2cccnc12. The van der Waals surface area contributed by atoms with Crippen molar-refractivity contribution in [2.75, 3.05) is 5.73 Å². The third kappa shape index (κ3) is 1.54. The summed E-state index contributed by atoms with van der Waals surface area (Å²) in [5.41, 5.74) is 8.59. The van der Waals surface area contributed by atoms with E-state index in [4.69, 9.17) is 10.3 Å². The normalized spacial score (nSPS) is 10.9. The van der Waals surface area contributed by atoms with Crippen LogP contribution < -0.4 is 5.73 Å². The fraction of sp³-hybridized carbons (Fsp3) is 0.143. The number of fused-ring (bicyclic) bond motifs is 1. The van der Waals surface area contributed by atoms with E-state index in [1.165, 1.54) is 0 Å². The zero-order chi connectivity index (χ0) is 12.5. The summed E-state index contributed by atoms with van der Waals surface area (Å²) in [6.07, 6.45) is 2.56. The first kappa shape index (κ1) is 10.8. The van der Waals surface area contributed by atoms with Gasteiger partial charge in [-0.3, -0.25) is 4.98 Å². The molecule has 0 radical (unpaired) electrons. The maximum Gasteiger partial charge on any atom is 0.174 e. The highest BCUT2D eigenvalue weighted by Crippen LogP contribution is 2.32. The maximum absolute atomic E-state index is 5.81. The molecule has 0 fully saturated rings. The monoisotopic (exact) mass is 239 g/mol. The van der Waals surface area contributed by atoms with E-state index < -0.39 is 0 Å². The molecule has 18 heavy (non-hydrogen) atoms. The number of nitrogens with two attached hydrogens (primary N) is 1. The highest BCUT2D eigenvalue weighted by molar-refractivity contribution is 5.93. The molecule has 3 rings (SSSR count). The Balaban J connectivity index is 2.31. The number of nitrogens with zero attached hydrogens (tertiary/aromatic N) is 2. The Morgan fingerprint density at radius 2 is 2.06 bits per heavy atom. The van der Waals surface area contributed by atoms with E-state index in [0.29, 0.717) is 5.82 Å². The molecule has 4 heteroatoms. The minimum atomic E-state index is 0.459. The van der Waals surface area contributed by atoms with E-state index in [2.05, 4.69) is 10.1 Å². The van der Waals surface area contributed by atoms with Crippen LogP contribution >= 0.6 is 0 Å². The molecule has 0 aliphatic rings. The Labute approximate surface area is 104 Å². The second-order valence-corrected chi connectivity index (χ2v) is 4.11. The summed E-state index contributed by atoms with van der Waals surface area (Å²) in [5.74, 6) is 1.18. The van der Waals surface area contributed by atoms with E-state index in [1.54, 1.807) is 6.20 Å². The smallest absolute Gasteiger partial charge is 0.174 e. The zero-order valence-electron chi connectivity index (χ0n) is 10.1. The van der Waals surface area contributed by atoms with Crippen molar-refractivity contribution in [3.63, 3.8) is 0 Å². The number of anilines is 1. The van der Waals surface area contributed by atoms with E-state index in [1.807, 2.05) is 37.3 Å². The van der Waals surface area contributed by atoms with Gasteiger partial charge in [-0.05, 0) is 18.6 Å². The molecule has 3 aromatic rings. The first-order valence-corrected chi connectivity index (χ1v) is 5.89. The van der Waals surface area contributed by atoms with Gasteiger partial charge in [0, 0.05) is 22.7 Å². The maximum atomic E-state index is 5.81. The van der Waals surface area contributed by atoms with Crippen LogP contribution in [0.15, 0.2) is 41.1 Å². The Bertz CT molecular complexity index is 698. The van der Waals surface area contributed by atoms with Gasteiger partial charge in [0.2, 0.25) is 0 Å². The van der Waals surface area contributed by atoms with Crippen molar-refractivity contribution in [2.24, 2.45) is 0 Å². The minimum absolute atomic E-state index is 0.459. The van der Waals surface area contributed by atoms with Gasteiger partial charge in [-0.2, -0.15) is 0 Å². The Morgan fingerprint density at radius 1 is 1.22 bits per heavy atom. The quantitative estimate of drug-likeness (QED) is 0.746. The Hall–Kier alpha value is -2.36. The van der Waals surface area contributed by atoms with E-state index in [0.717, 1.165) is 34.2 Å². The number of pyridine rings is 1. The van der Waals surface area contributed by atoms with Gasteiger partial charge in [0.1, 0.15) is 0 Å². The highest BCUT2D eigenvalue weighted by Gasteiger charge is 2.16. The van der Waals surface area contributed by atoms with Crippen LogP contribution in [0, 0.1) is 0 Å². The van der Waals surface area contributed by atoms with Crippen LogP contribution in [0.4, 0.5) is 5.82 Å². The highest BCUT2D eigenvalue weighted by atomic mass is 16.5. The number of para-hydroxylation sites is 1. The first-order chi connectivity index (χ1) is 8.81. The number of hydrogen-bond donors (Lipinski definition) is 1. The van der Waals surface area contributed by atoms with Crippen LogP contribution in [0.5, 0.6) is 0 Å². The van der Waals surface area contributed by atoms with Crippen LogP contribution in [-0.2, 0) is 6.42 Å². The second-order valence-electron chi connectivity index (χ2n) is 4.11. The molecule has 2 N–H and O–H groups in total. The van der Waals surface area contributed by atoms with Crippen molar-refractivity contribution in [3.05, 3.63) is 42.1 Å². The lowest BCUT2D eigenvalue weighted by atomic mass is 10.0. The molecule has 4 nitrogen and oxygen atoms in total. The molecule has 1 aromatic carbocycles. The van der Waals surface area contributed by atoms with E-state index >= 15 is 0 Å². The molecule has 0 amide bonds. The van der Waals surface area contributed by atoms with Crippen molar-refractivity contribution >= 4 is 16.7 Å². The molecule has 2 heterocycles. The Morgan fingerprint density at radius 3 is 2.89 bits per heavy atom. The molecular weight excluding hydrogens is 226 g/mol. The second kappa shape index (κ2) is 4.14. The summed E-state index contributed by atoms with van der Waals surface area (Å²) in [4.78, 5) is 4.41. The molecule has 0 saturated carbocycles. The van der Waals surface area contributed by atoms with Crippen molar-refractivity contribution in [2.45, 2.75) is 13.3 Å². The predicted molar refractivity (Wildman–Crippen MR) is 71.0 cm³/mol. The summed E-state index contributed by atoms with van der Waals surface area (Å²) >= 11 is 0. The van der Waals surface area contributed by atoms with Crippen molar-refractivity contribution in [1.82, 2.24) is 10.1 Å². The van der Waals surface area contributed by atoms with Gasteiger partial charge >= 0.3 is 0 Å². The van der Waals surface area contributed by atoms with Crippen LogP contribution in [0.2, 0.25) is 0 Å². The number of nitrogen functional groups attached to an aromatic ring is 1. The summed E-state index contributed by atoms with van der Waals surface area (Å²) in [6, 6.07) is 9.93. The average Bonchev–Trinajstić information content (AvgIpc) is 2.79. The number of aromatic nitrogens is 2. The summed E-state index contributed by atoms with van der Waals surface area (Å²) in [7, 11) is 0. The van der Waals surface area contributed by atoms with Crippen molar-refractivity contribution < 1.29 is 4.52 Å². The molecule has 90 valence electrons. The molecule has 0 aliphatic heterocycles. The third-order valence-electron chi connectivity index (χ3n) is 3.05. The van der Waals surface area contributed by atoms with Crippen LogP contribution in [0.3, 0.4) is 0 Å². The number of hydrogen-bond acceptors (Lipinski definition) is 4. The molecule has 0 spiro atoms. The van der Waals surface area contributed by atoms with E-state index in [9.17, 15) is 0 Å². The molecular formula is C14H13N3O. The van der Waals surface area contributed by atoms with Gasteiger partial charge in [0.05, 0.1) is 5.52 Å². The van der Waals surface area contributed by atoms with Gasteiger partial charge < -0.3 is 10.3 Å². The lowest BCUT2D eigenvalue weighted by molar-refractivity contribution is 0.435. The topological polar surface area (TPSA) is 64.9 Å². The molecule has 0 aliphatic carbocycles. The average molecular weight is 239 g/mol. The predicted octanol–water partition coefficient (Wildman–Crippen LogP) is 3.03. The largest absolute Gasteiger partial charge is 0.381 e. The summed E-state index contributed by atoms with van der Waals surface area (Å²) in [6.45, 7) is 2.03. The van der Waals surface area contributed by atoms with Gasteiger partial charge in [0.25, 0.3) is 0 Å². The van der Waals surface area contributed by atoms with Crippen LogP contribution in [-0.4, -0.2) is 10.1 Å². The fourth-order valence-electron chi connectivity index (χ4n) is 2.16. The minimum Gasteiger partial charge on any atom is -0.381 e. The van der Waals surface area contributed by atoms with Gasteiger partial charge in [-0.15, -0.1) is 0 Å². The third-order valence-corrected chi connectivity index (χ3v) is 3.05. The van der Waals surface area contributed by atoms with Gasteiger partial charge in [0.15, 0.2) is 11.6 Å². The number of benzene rings is 1. The van der Waals surface area contributed by atoms with Gasteiger partial charge in [-0.25, -0.2) is 0 Å². The Kier molecular flexibility index (Phi) is 2.48. The molecule has 0 unspecified atom stereocenters. The summed E-state index contributed by atoms with van der Waals surface area (Å²) in [5, 5.41) is 4.92. The standard InChI is InChI=1S/C14H13N3O/c1-2-10-13(18-17-14(10)15)11-7-3-5-9-6-4-8-16-12(9)11/h3-8H,2H2,1H3,(H2,15,17). The van der Waals surface area contributed by atoms with Crippen LogP contribution in [0.1, 0.15) is 12.5 Å². The zero-order valence-corrected chi connectivity index (χ0v) is 10.1. The first-order valence-electron chi connectivity index (χ1n) is 5.89. The molecule has 0 atom stereocenters. The lowest BCUT2D eigenvalue weighted by Crippen LogP contribution is -1.91. The van der Waals surface area contributed by atoms with E-state index in [-0.39, 0.29) is 0 Å². The molecule has 0 saturated heterocycles. The van der Waals surface area contributed by atoms with Crippen molar-refractivity contribution in [3.8, 4) is 11.3 Å². The number of rotatable bonds is 2. The lowest BCUT2D eigenvalue weighted by Gasteiger charge is -2.03. The summed E-state index contributed by atoms with van der Waals surface area (Å²) < 4.78 is 5.37. The molecule has 2 aromatic heterocycles.